The van der Waals surface area contributed by atoms with Crippen LogP contribution in [0.1, 0.15) is 36.2 Å². The SMILES string of the molecule is CS(=O)(=O)C1CCC(CNC(=O)c2cc[nH]n2)CC1. The van der Waals surface area contributed by atoms with E-state index in [1.807, 2.05) is 0 Å². The molecule has 19 heavy (non-hydrogen) atoms. The Balaban J connectivity index is 1.76. The summed E-state index contributed by atoms with van der Waals surface area (Å²) in [7, 11) is -2.92. The predicted octanol–water partition coefficient (Wildman–Crippen LogP) is 0.743. The second-order valence-electron chi connectivity index (χ2n) is 5.14. The van der Waals surface area contributed by atoms with Crippen molar-refractivity contribution in [2.75, 3.05) is 12.8 Å². The summed E-state index contributed by atoms with van der Waals surface area (Å²) in [5.41, 5.74) is 0.379. The fourth-order valence-corrected chi connectivity index (χ4v) is 3.61. The lowest BCUT2D eigenvalue weighted by atomic mass is 9.89. The first-order valence-corrected chi connectivity index (χ1v) is 8.39. The average molecular weight is 285 g/mol. The Morgan fingerprint density at radius 3 is 2.63 bits per heavy atom. The van der Waals surface area contributed by atoms with E-state index in [4.69, 9.17) is 0 Å². The summed E-state index contributed by atoms with van der Waals surface area (Å²) < 4.78 is 22.9. The number of aromatic amines is 1. The number of nitrogens with zero attached hydrogens (tertiary/aromatic N) is 1. The van der Waals surface area contributed by atoms with E-state index >= 15 is 0 Å². The van der Waals surface area contributed by atoms with Gasteiger partial charge in [-0.05, 0) is 37.7 Å². The topological polar surface area (TPSA) is 91.9 Å². The van der Waals surface area contributed by atoms with E-state index in [2.05, 4.69) is 15.5 Å². The highest BCUT2D eigenvalue weighted by molar-refractivity contribution is 7.91. The van der Waals surface area contributed by atoms with Crippen LogP contribution >= 0.6 is 0 Å². The van der Waals surface area contributed by atoms with Gasteiger partial charge >= 0.3 is 0 Å². The predicted molar refractivity (Wildman–Crippen MR) is 71.5 cm³/mol. The Morgan fingerprint density at radius 1 is 1.42 bits per heavy atom. The van der Waals surface area contributed by atoms with E-state index in [0.717, 1.165) is 12.8 Å². The van der Waals surface area contributed by atoms with Crippen LogP contribution in [0.4, 0.5) is 0 Å². The molecule has 0 aliphatic heterocycles. The van der Waals surface area contributed by atoms with Crippen molar-refractivity contribution in [3.63, 3.8) is 0 Å². The van der Waals surface area contributed by atoms with E-state index in [9.17, 15) is 13.2 Å². The fraction of sp³-hybridized carbons (Fsp3) is 0.667. The fourth-order valence-electron chi connectivity index (χ4n) is 2.48. The second-order valence-corrected chi connectivity index (χ2v) is 7.47. The highest BCUT2D eigenvalue weighted by Gasteiger charge is 2.27. The number of carbonyl (C=O) groups is 1. The Labute approximate surface area is 112 Å². The van der Waals surface area contributed by atoms with Crippen molar-refractivity contribution in [3.8, 4) is 0 Å². The van der Waals surface area contributed by atoms with Crippen molar-refractivity contribution in [3.05, 3.63) is 18.0 Å². The maximum atomic E-state index is 11.7. The average Bonchev–Trinajstić information content (AvgIpc) is 2.89. The Kier molecular flexibility index (Phi) is 4.24. The minimum atomic E-state index is -2.92. The van der Waals surface area contributed by atoms with Crippen LogP contribution in [0.5, 0.6) is 0 Å². The van der Waals surface area contributed by atoms with Crippen LogP contribution in [0, 0.1) is 5.92 Å². The summed E-state index contributed by atoms with van der Waals surface area (Å²) in [5, 5.41) is 9.04. The lowest BCUT2D eigenvalue weighted by Gasteiger charge is -2.27. The Hall–Kier alpha value is -1.37. The van der Waals surface area contributed by atoms with Gasteiger partial charge in [0, 0.05) is 19.0 Å². The monoisotopic (exact) mass is 285 g/mol. The molecule has 7 heteroatoms. The van der Waals surface area contributed by atoms with Crippen LogP contribution in [-0.4, -0.2) is 42.6 Å². The first kappa shape index (κ1) is 14.0. The maximum absolute atomic E-state index is 11.7. The molecular weight excluding hydrogens is 266 g/mol. The van der Waals surface area contributed by atoms with Crippen LogP contribution in [0.2, 0.25) is 0 Å². The summed E-state index contributed by atoms with van der Waals surface area (Å²) in [5.74, 6) is 0.173. The minimum Gasteiger partial charge on any atom is -0.350 e. The molecule has 1 aliphatic carbocycles. The molecule has 1 aliphatic rings. The molecule has 106 valence electrons. The van der Waals surface area contributed by atoms with Crippen LogP contribution < -0.4 is 5.32 Å². The van der Waals surface area contributed by atoms with Crippen molar-refractivity contribution in [1.29, 1.82) is 0 Å². The molecule has 0 spiro atoms. The lowest BCUT2D eigenvalue weighted by Crippen LogP contribution is -2.34. The van der Waals surface area contributed by atoms with E-state index < -0.39 is 9.84 Å². The van der Waals surface area contributed by atoms with Gasteiger partial charge < -0.3 is 5.32 Å². The van der Waals surface area contributed by atoms with E-state index in [-0.39, 0.29) is 11.2 Å². The number of hydrogen-bond donors (Lipinski definition) is 2. The maximum Gasteiger partial charge on any atom is 0.271 e. The molecule has 0 unspecified atom stereocenters. The molecule has 1 amide bonds. The number of nitrogens with one attached hydrogen (secondary N) is 2. The van der Waals surface area contributed by atoms with Crippen molar-refractivity contribution in [2.24, 2.45) is 5.92 Å². The molecule has 1 saturated carbocycles. The van der Waals surface area contributed by atoms with Gasteiger partial charge in [-0.15, -0.1) is 0 Å². The molecule has 1 fully saturated rings. The summed E-state index contributed by atoms with van der Waals surface area (Å²) in [6.07, 6.45) is 5.99. The first-order chi connectivity index (χ1) is 8.97. The van der Waals surface area contributed by atoms with Crippen LogP contribution in [-0.2, 0) is 9.84 Å². The summed E-state index contributed by atoms with van der Waals surface area (Å²) in [4.78, 5) is 11.7. The van der Waals surface area contributed by atoms with Gasteiger partial charge in [0.05, 0.1) is 5.25 Å². The van der Waals surface area contributed by atoms with Gasteiger partial charge in [-0.2, -0.15) is 5.10 Å². The Bertz CT molecular complexity index is 516. The molecule has 0 bridgehead atoms. The zero-order valence-electron chi connectivity index (χ0n) is 10.9. The third-order valence-corrected chi connectivity index (χ3v) is 5.37. The van der Waals surface area contributed by atoms with E-state index in [0.29, 0.717) is 31.0 Å². The zero-order valence-corrected chi connectivity index (χ0v) is 11.7. The van der Waals surface area contributed by atoms with Gasteiger partial charge in [0.2, 0.25) is 0 Å². The first-order valence-electron chi connectivity index (χ1n) is 6.43. The normalized spacial score (nSPS) is 24.1. The van der Waals surface area contributed by atoms with Gasteiger partial charge in [0.1, 0.15) is 15.5 Å². The number of H-pyrrole nitrogens is 1. The smallest absolute Gasteiger partial charge is 0.271 e. The van der Waals surface area contributed by atoms with Crippen LogP contribution in [0.15, 0.2) is 12.3 Å². The van der Waals surface area contributed by atoms with Gasteiger partial charge in [0.25, 0.3) is 5.91 Å². The summed E-state index contributed by atoms with van der Waals surface area (Å²) >= 11 is 0. The van der Waals surface area contributed by atoms with Gasteiger partial charge in [0.15, 0.2) is 0 Å². The number of amides is 1. The molecule has 2 N–H and O–H groups in total. The van der Waals surface area contributed by atoms with Crippen LogP contribution in [0.3, 0.4) is 0 Å². The van der Waals surface area contributed by atoms with Crippen molar-refractivity contribution < 1.29 is 13.2 Å². The number of rotatable bonds is 4. The van der Waals surface area contributed by atoms with E-state index in [1.54, 1.807) is 12.3 Å². The number of hydrogen-bond acceptors (Lipinski definition) is 4. The van der Waals surface area contributed by atoms with Gasteiger partial charge in [-0.25, -0.2) is 8.42 Å². The summed E-state index contributed by atoms with van der Waals surface area (Å²) in [6.45, 7) is 0.585. The Morgan fingerprint density at radius 2 is 2.11 bits per heavy atom. The quantitative estimate of drug-likeness (QED) is 0.853. The molecular formula is C12H19N3O3S. The van der Waals surface area contributed by atoms with Crippen molar-refractivity contribution in [2.45, 2.75) is 30.9 Å². The number of carbonyl (C=O) groups excluding carboxylic acids is 1. The van der Waals surface area contributed by atoms with Gasteiger partial charge in [-0.3, -0.25) is 9.89 Å². The largest absolute Gasteiger partial charge is 0.350 e. The van der Waals surface area contributed by atoms with Crippen LogP contribution in [0.25, 0.3) is 0 Å². The van der Waals surface area contributed by atoms with E-state index in [1.165, 1.54) is 6.26 Å². The number of sulfone groups is 1. The molecule has 2 rings (SSSR count). The molecule has 0 saturated heterocycles. The molecule has 0 aromatic carbocycles. The molecule has 1 heterocycles. The van der Waals surface area contributed by atoms with Crippen molar-refractivity contribution >= 4 is 15.7 Å². The molecule has 1 aromatic rings. The van der Waals surface area contributed by atoms with Gasteiger partial charge in [-0.1, -0.05) is 0 Å². The lowest BCUT2D eigenvalue weighted by molar-refractivity contribution is 0.0938. The molecule has 0 atom stereocenters. The molecule has 1 aromatic heterocycles. The highest BCUT2D eigenvalue weighted by atomic mass is 32.2. The zero-order chi connectivity index (χ0) is 13.9. The molecule has 6 nitrogen and oxygen atoms in total. The van der Waals surface area contributed by atoms with Crippen molar-refractivity contribution in [1.82, 2.24) is 15.5 Å². The third kappa shape index (κ3) is 3.79. The third-order valence-electron chi connectivity index (χ3n) is 3.68. The standard InChI is InChI=1S/C12H19N3O3S/c1-19(17,18)10-4-2-9(3-5-10)8-13-12(16)11-6-7-14-15-11/h6-7,9-10H,2-5,8H2,1H3,(H,13,16)(H,14,15). The second kappa shape index (κ2) is 5.73. The molecule has 0 radical (unpaired) electrons. The minimum absolute atomic E-state index is 0.188. The summed E-state index contributed by atoms with van der Waals surface area (Å²) in [6, 6.07) is 1.62. The number of aromatic nitrogens is 2. The highest BCUT2D eigenvalue weighted by Crippen LogP contribution is 2.27.